The van der Waals surface area contributed by atoms with Gasteiger partial charge in [-0.25, -0.2) is 4.98 Å². The summed E-state index contributed by atoms with van der Waals surface area (Å²) in [5.74, 6) is 1.40. The summed E-state index contributed by atoms with van der Waals surface area (Å²) in [6.45, 7) is 3.93. The van der Waals surface area contributed by atoms with Gasteiger partial charge < -0.3 is 10.1 Å². The van der Waals surface area contributed by atoms with Crippen LogP contribution in [0.25, 0.3) is 17.1 Å². The number of methoxy groups -OCH3 is 1. The van der Waals surface area contributed by atoms with Crippen molar-refractivity contribution in [2.75, 3.05) is 18.2 Å². The zero-order valence-corrected chi connectivity index (χ0v) is 19.0. The van der Waals surface area contributed by atoms with Crippen molar-refractivity contribution in [1.82, 2.24) is 19.7 Å². The first-order chi connectivity index (χ1) is 15.0. The summed E-state index contributed by atoms with van der Waals surface area (Å²) in [6.07, 6.45) is 0. The minimum atomic E-state index is -0.142. The monoisotopic (exact) mass is 451 g/mol. The van der Waals surface area contributed by atoms with E-state index in [1.807, 2.05) is 72.3 Å². The van der Waals surface area contributed by atoms with Gasteiger partial charge in [0.25, 0.3) is 0 Å². The van der Waals surface area contributed by atoms with Gasteiger partial charge in [-0.3, -0.25) is 9.36 Å². The molecule has 7 nitrogen and oxygen atoms in total. The van der Waals surface area contributed by atoms with Crippen LogP contribution in [-0.4, -0.2) is 38.5 Å². The second kappa shape index (κ2) is 9.32. The van der Waals surface area contributed by atoms with E-state index >= 15 is 0 Å². The summed E-state index contributed by atoms with van der Waals surface area (Å²) < 4.78 is 7.47. The van der Waals surface area contributed by atoms with Gasteiger partial charge in [0.15, 0.2) is 16.1 Å². The second-order valence-corrected chi connectivity index (χ2v) is 8.61. The lowest BCUT2D eigenvalue weighted by molar-refractivity contribution is -0.113. The number of aryl methyl sites for hydroxylation is 2. The molecular formula is C22H21N5O2S2. The third-order valence-electron chi connectivity index (χ3n) is 4.47. The molecule has 0 unspecified atom stereocenters. The van der Waals surface area contributed by atoms with Gasteiger partial charge in [-0.05, 0) is 38.1 Å². The van der Waals surface area contributed by atoms with Gasteiger partial charge in [0.05, 0.1) is 24.1 Å². The van der Waals surface area contributed by atoms with Crippen molar-refractivity contribution < 1.29 is 9.53 Å². The highest BCUT2D eigenvalue weighted by Gasteiger charge is 2.20. The second-order valence-electron chi connectivity index (χ2n) is 6.81. The van der Waals surface area contributed by atoms with Gasteiger partial charge >= 0.3 is 0 Å². The van der Waals surface area contributed by atoms with Crippen LogP contribution < -0.4 is 10.1 Å². The summed E-state index contributed by atoms with van der Waals surface area (Å²) >= 11 is 2.73. The Balaban J connectivity index is 1.65. The molecule has 0 atom stereocenters. The van der Waals surface area contributed by atoms with E-state index in [9.17, 15) is 4.79 Å². The van der Waals surface area contributed by atoms with Crippen LogP contribution in [0.15, 0.2) is 59.1 Å². The van der Waals surface area contributed by atoms with E-state index in [4.69, 9.17) is 4.74 Å². The van der Waals surface area contributed by atoms with Gasteiger partial charge in [-0.1, -0.05) is 41.6 Å². The molecule has 9 heteroatoms. The predicted molar refractivity (Wildman–Crippen MR) is 124 cm³/mol. The van der Waals surface area contributed by atoms with Crippen LogP contribution in [0.2, 0.25) is 0 Å². The van der Waals surface area contributed by atoms with Gasteiger partial charge in [0.2, 0.25) is 5.91 Å². The van der Waals surface area contributed by atoms with Gasteiger partial charge in [-0.15, -0.1) is 21.5 Å². The van der Waals surface area contributed by atoms with Crippen LogP contribution >= 0.6 is 23.1 Å². The zero-order valence-electron chi connectivity index (χ0n) is 17.3. The maximum atomic E-state index is 12.4. The van der Waals surface area contributed by atoms with Gasteiger partial charge in [-0.2, -0.15) is 0 Å². The summed E-state index contributed by atoms with van der Waals surface area (Å²) in [5, 5.41) is 14.7. The van der Waals surface area contributed by atoms with Crippen molar-refractivity contribution in [3.8, 4) is 22.8 Å². The van der Waals surface area contributed by atoms with E-state index in [-0.39, 0.29) is 11.7 Å². The lowest BCUT2D eigenvalue weighted by Gasteiger charge is -2.12. The Labute approximate surface area is 188 Å². The molecular weight excluding hydrogens is 430 g/mol. The first-order valence-electron chi connectivity index (χ1n) is 9.56. The summed E-state index contributed by atoms with van der Waals surface area (Å²) in [5.41, 5.74) is 3.78. The minimum Gasteiger partial charge on any atom is -0.496 e. The van der Waals surface area contributed by atoms with Crippen LogP contribution in [0, 0.1) is 13.8 Å². The van der Waals surface area contributed by atoms with Crippen LogP contribution in [0.1, 0.15) is 11.3 Å². The number of carbonyl (C=O) groups excluding carboxylic acids is 1. The van der Waals surface area contributed by atoms with Gasteiger partial charge in [0, 0.05) is 11.1 Å². The lowest BCUT2D eigenvalue weighted by atomic mass is 10.1. The van der Waals surface area contributed by atoms with E-state index < -0.39 is 0 Å². The van der Waals surface area contributed by atoms with Gasteiger partial charge in [0.1, 0.15) is 5.75 Å². The number of amides is 1. The number of nitrogens with zero attached hydrogens (tertiary/aromatic N) is 4. The molecule has 0 bridgehead atoms. The Morgan fingerprint density at radius 2 is 1.90 bits per heavy atom. The largest absolute Gasteiger partial charge is 0.496 e. The number of thioether (sulfide) groups is 1. The molecule has 2 aromatic carbocycles. The van der Waals surface area contributed by atoms with Crippen molar-refractivity contribution in [1.29, 1.82) is 0 Å². The van der Waals surface area contributed by atoms with Crippen molar-refractivity contribution >= 4 is 34.1 Å². The molecule has 0 aliphatic heterocycles. The number of benzene rings is 2. The molecule has 0 aliphatic carbocycles. The fraction of sp³-hybridized carbons (Fsp3) is 0.182. The number of hydrogen-bond donors (Lipinski definition) is 1. The number of thiazole rings is 1. The Bertz CT molecular complexity index is 1200. The van der Waals surface area contributed by atoms with E-state index in [2.05, 4.69) is 20.5 Å². The predicted octanol–water partition coefficient (Wildman–Crippen LogP) is 4.75. The van der Waals surface area contributed by atoms with Crippen molar-refractivity contribution in [3.63, 3.8) is 0 Å². The smallest absolute Gasteiger partial charge is 0.236 e. The number of nitrogens with one attached hydrogen (secondary N) is 1. The maximum Gasteiger partial charge on any atom is 0.236 e. The summed E-state index contributed by atoms with van der Waals surface area (Å²) in [4.78, 5) is 16.7. The quantitative estimate of drug-likeness (QED) is 0.409. The standard InChI is InChI=1S/C22H21N5O2S2/c1-14-8-10-16(11-9-14)27-20(17-6-4-5-7-18(17)29-3)25-26-22(27)31-13-19(28)24-21-23-15(2)12-30-21/h4-12H,13H2,1-3H3,(H,23,24,28). The molecule has 0 radical (unpaired) electrons. The number of aromatic nitrogens is 4. The third kappa shape index (κ3) is 4.78. The Morgan fingerprint density at radius 3 is 2.61 bits per heavy atom. The highest BCUT2D eigenvalue weighted by atomic mass is 32.2. The maximum absolute atomic E-state index is 12.4. The molecule has 2 aromatic heterocycles. The number of hydrogen-bond acceptors (Lipinski definition) is 7. The SMILES string of the molecule is COc1ccccc1-c1nnc(SCC(=O)Nc2nc(C)cs2)n1-c1ccc(C)cc1. The topological polar surface area (TPSA) is 81.9 Å². The first kappa shape index (κ1) is 21.1. The molecule has 1 N–H and O–H groups in total. The Kier molecular flexibility index (Phi) is 6.34. The number of para-hydroxylation sites is 1. The van der Waals surface area contributed by atoms with Crippen molar-refractivity contribution in [2.24, 2.45) is 0 Å². The van der Waals surface area contributed by atoms with E-state index in [0.29, 0.717) is 21.9 Å². The molecule has 0 fully saturated rings. The molecule has 0 aliphatic rings. The van der Waals surface area contributed by atoms with Crippen molar-refractivity contribution in [3.05, 3.63) is 65.2 Å². The molecule has 0 spiro atoms. The fourth-order valence-corrected chi connectivity index (χ4v) is 4.45. The van der Waals surface area contributed by atoms with Crippen molar-refractivity contribution in [2.45, 2.75) is 19.0 Å². The Hall–Kier alpha value is -3.17. The van der Waals surface area contributed by atoms with E-state index in [0.717, 1.165) is 22.5 Å². The van der Waals surface area contributed by atoms with Crippen LogP contribution in [0.5, 0.6) is 5.75 Å². The van der Waals surface area contributed by atoms with E-state index in [1.165, 1.54) is 23.1 Å². The molecule has 31 heavy (non-hydrogen) atoms. The summed E-state index contributed by atoms with van der Waals surface area (Å²) in [7, 11) is 1.63. The first-order valence-corrected chi connectivity index (χ1v) is 11.4. The molecule has 4 rings (SSSR count). The number of rotatable bonds is 7. The van der Waals surface area contributed by atoms with Crippen LogP contribution in [-0.2, 0) is 4.79 Å². The third-order valence-corrected chi connectivity index (χ3v) is 6.28. The number of carbonyl (C=O) groups is 1. The lowest BCUT2D eigenvalue weighted by Crippen LogP contribution is -2.14. The molecule has 4 aromatic rings. The zero-order chi connectivity index (χ0) is 21.8. The minimum absolute atomic E-state index is 0.142. The fourth-order valence-electron chi connectivity index (χ4n) is 2.99. The average molecular weight is 452 g/mol. The number of ether oxygens (including phenoxy) is 1. The highest BCUT2D eigenvalue weighted by Crippen LogP contribution is 2.33. The molecule has 0 saturated heterocycles. The summed E-state index contributed by atoms with van der Waals surface area (Å²) in [6, 6.07) is 15.8. The molecule has 158 valence electrons. The molecule has 0 saturated carbocycles. The Morgan fingerprint density at radius 1 is 1.13 bits per heavy atom. The van der Waals surface area contributed by atoms with E-state index in [1.54, 1.807) is 7.11 Å². The number of anilines is 1. The van der Waals surface area contributed by atoms with Crippen LogP contribution in [0.4, 0.5) is 5.13 Å². The molecule has 2 heterocycles. The molecule has 1 amide bonds. The highest BCUT2D eigenvalue weighted by molar-refractivity contribution is 7.99. The normalized spacial score (nSPS) is 10.8. The van der Waals surface area contributed by atoms with Crippen LogP contribution in [0.3, 0.4) is 0 Å². The average Bonchev–Trinajstić information content (AvgIpc) is 3.38.